The van der Waals surface area contributed by atoms with E-state index in [0.29, 0.717) is 12.1 Å². The summed E-state index contributed by atoms with van der Waals surface area (Å²) in [5, 5.41) is 7.55. The van der Waals surface area contributed by atoms with Crippen molar-refractivity contribution in [2.24, 2.45) is 5.92 Å². The average molecular weight is 184 g/mol. The number of nitrogens with one attached hydrogen (secondary N) is 2. The first-order valence-electron chi connectivity index (χ1n) is 4.52. The van der Waals surface area contributed by atoms with Crippen molar-refractivity contribution in [3.8, 4) is 0 Å². The molecule has 2 saturated heterocycles. The monoisotopic (exact) mass is 184 g/mol. The van der Waals surface area contributed by atoms with Crippen molar-refractivity contribution < 1.29 is 0 Å². The van der Waals surface area contributed by atoms with E-state index >= 15 is 0 Å². The number of hydrogen-bond donors (Lipinski definition) is 2. The summed E-state index contributed by atoms with van der Waals surface area (Å²) in [4.78, 5) is 0. The Labute approximate surface area is 78.2 Å². The van der Waals surface area contributed by atoms with Gasteiger partial charge in [-0.1, -0.05) is 20.4 Å². The molecule has 3 unspecified atom stereocenters. The van der Waals surface area contributed by atoms with Crippen molar-refractivity contribution in [3.05, 3.63) is 12.4 Å². The third-order valence-electron chi connectivity index (χ3n) is 2.61. The van der Waals surface area contributed by atoms with Gasteiger partial charge in [0.25, 0.3) is 0 Å². The predicted molar refractivity (Wildman–Crippen MR) is 54.1 cm³/mol. The van der Waals surface area contributed by atoms with Gasteiger partial charge in [0.05, 0.1) is 17.9 Å². The predicted octanol–water partition coefficient (Wildman–Crippen LogP) is 1.16. The van der Waals surface area contributed by atoms with E-state index in [0.717, 1.165) is 17.0 Å². The molecule has 0 saturated carbocycles. The lowest BCUT2D eigenvalue weighted by Crippen LogP contribution is -2.38. The topological polar surface area (TPSA) is 24.1 Å². The number of rotatable bonds is 1. The van der Waals surface area contributed by atoms with E-state index in [9.17, 15) is 0 Å². The Bertz CT molecular complexity index is 203. The van der Waals surface area contributed by atoms with Crippen molar-refractivity contribution in [1.29, 1.82) is 0 Å². The zero-order valence-corrected chi connectivity index (χ0v) is 8.45. The summed E-state index contributed by atoms with van der Waals surface area (Å²) in [5.41, 5.74) is 0. The van der Waals surface area contributed by atoms with E-state index in [2.05, 4.69) is 42.8 Å². The van der Waals surface area contributed by atoms with Crippen LogP contribution < -0.4 is 10.6 Å². The summed E-state index contributed by atoms with van der Waals surface area (Å²) in [5.74, 6) is 2.99. The highest BCUT2D eigenvalue weighted by Crippen LogP contribution is 2.35. The molecule has 3 heteroatoms. The Morgan fingerprint density at radius 2 is 2.25 bits per heavy atom. The van der Waals surface area contributed by atoms with Gasteiger partial charge in [-0.2, -0.15) is 11.8 Å². The highest BCUT2D eigenvalue weighted by atomic mass is 32.2. The molecule has 0 aromatic carbocycles. The Morgan fingerprint density at radius 1 is 1.50 bits per heavy atom. The van der Waals surface area contributed by atoms with Crippen LogP contribution >= 0.6 is 11.8 Å². The Morgan fingerprint density at radius 3 is 2.92 bits per heavy atom. The van der Waals surface area contributed by atoms with Crippen molar-refractivity contribution in [2.75, 3.05) is 5.75 Å². The summed E-state index contributed by atoms with van der Waals surface area (Å²) in [6.45, 7) is 8.49. The molecule has 0 amide bonds. The number of hydrogen-bond acceptors (Lipinski definition) is 3. The zero-order chi connectivity index (χ0) is 8.72. The second-order valence-corrected chi connectivity index (χ2v) is 5.15. The molecule has 2 heterocycles. The van der Waals surface area contributed by atoms with Crippen LogP contribution in [0.2, 0.25) is 0 Å². The largest absolute Gasteiger partial charge is 0.367 e. The lowest BCUT2D eigenvalue weighted by molar-refractivity contribution is 0.474. The van der Waals surface area contributed by atoms with Crippen LogP contribution in [0.15, 0.2) is 12.4 Å². The van der Waals surface area contributed by atoms with Crippen LogP contribution in [0.3, 0.4) is 0 Å². The standard InChI is InChI=1S/C9H16N2S/c1-5(2)9-8-7(4-12-9)10-6(3)11-8/h5,7-11H,3-4H2,1-2H3. The molecule has 2 aliphatic rings. The Kier molecular flexibility index (Phi) is 1.99. The van der Waals surface area contributed by atoms with Gasteiger partial charge in [0.2, 0.25) is 0 Å². The lowest BCUT2D eigenvalue weighted by Gasteiger charge is -2.20. The van der Waals surface area contributed by atoms with E-state index in [1.165, 1.54) is 5.75 Å². The van der Waals surface area contributed by atoms with Crippen LogP contribution in [0.4, 0.5) is 0 Å². The van der Waals surface area contributed by atoms with E-state index in [-0.39, 0.29) is 0 Å². The lowest BCUT2D eigenvalue weighted by atomic mass is 10.00. The average Bonchev–Trinajstić information content (AvgIpc) is 2.43. The first-order chi connectivity index (χ1) is 5.68. The molecule has 12 heavy (non-hydrogen) atoms. The molecule has 2 N–H and O–H groups in total. The molecule has 2 rings (SSSR count). The summed E-state index contributed by atoms with van der Waals surface area (Å²) in [7, 11) is 0. The first kappa shape index (κ1) is 8.30. The van der Waals surface area contributed by atoms with Crippen LogP contribution in [0, 0.1) is 5.92 Å². The summed E-state index contributed by atoms with van der Waals surface area (Å²) in [6.07, 6.45) is 0. The second kappa shape index (κ2) is 2.87. The highest BCUT2D eigenvalue weighted by molar-refractivity contribution is 8.00. The molecule has 68 valence electrons. The van der Waals surface area contributed by atoms with Crippen LogP contribution in [0.25, 0.3) is 0 Å². The minimum absolute atomic E-state index is 0.613. The highest BCUT2D eigenvalue weighted by Gasteiger charge is 2.42. The van der Waals surface area contributed by atoms with Crippen molar-refractivity contribution in [3.63, 3.8) is 0 Å². The van der Waals surface area contributed by atoms with E-state index in [4.69, 9.17) is 0 Å². The van der Waals surface area contributed by atoms with Gasteiger partial charge in [0, 0.05) is 11.0 Å². The van der Waals surface area contributed by atoms with Gasteiger partial charge < -0.3 is 10.6 Å². The van der Waals surface area contributed by atoms with Crippen LogP contribution in [-0.4, -0.2) is 23.1 Å². The molecule has 2 nitrogen and oxygen atoms in total. The fourth-order valence-corrected chi connectivity index (χ4v) is 3.61. The minimum Gasteiger partial charge on any atom is -0.367 e. The Hall–Kier alpha value is -0.310. The first-order valence-corrected chi connectivity index (χ1v) is 5.57. The fourth-order valence-electron chi connectivity index (χ4n) is 2.04. The van der Waals surface area contributed by atoms with Gasteiger partial charge >= 0.3 is 0 Å². The quantitative estimate of drug-likeness (QED) is 0.639. The summed E-state index contributed by atoms with van der Waals surface area (Å²) < 4.78 is 0. The molecular formula is C9H16N2S. The van der Waals surface area contributed by atoms with Crippen LogP contribution in [0.5, 0.6) is 0 Å². The zero-order valence-electron chi connectivity index (χ0n) is 7.63. The fraction of sp³-hybridized carbons (Fsp3) is 0.778. The van der Waals surface area contributed by atoms with Crippen LogP contribution in [-0.2, 0) is 0 Å². The summed E-state index contributed by atoms with van der Waals surface area (Å²) >= 11 is 2.08. The van der Waals surface area contributed by atoms with Gasteiger partial charge in [-0.3, -0.25) is 0 Å². The molecule has 2 fully saturated rings. The molecule has 3 atom stereocenters. The van der Waals surface area contributed by atoms with E-state index in [1.54, 1.807) is 0 Å². The second-order valence-electron chi connectivity index (χ2n) is 3.94. The smallest absolute Gasteiger partial charge is 0.0918 e. The molecular weight excluding hydrogens is 168 g/mol. The van der Waals surface area contributed by atoms with Gasteiger partial charge in [0.1, 0.15) is 0 Å². The molecule has 0 aromatic heterocycles. The van der Waals surface area contributed by atoms with E-state index < -0.39 is 0 Å². The Balaban J connectivity index is 2.08. The SMILES string of the molecule is C=C1NC2CSC(C(C)C)C2N1. The van der Waals surface area contributed by atoms with Crippen molar-refractivity contribution in [1.82, 2.24) is 10.6 Å². The maximum absolute atomic E-state index is 3.90. The van der Waals surface area contributed by atoms with Gasteiger partial charge in [0.15, 0.2) is 0 Å². The molecule has 0 aromatic rings. The van der Waals surface area contributed by atoms with Crippen molar-refractivity contribution in [2.45, 2.75) is 31.2 Å². The number of thioether (sulfide) groups is 1. The minimum atomic E-state index is 0.613. The molecule has 2 aliphatic heterocycles. The molecule has 0 aliphatic carbocycles. The van der Waals surface area contributed by atoms with Gasteiger partial charge in [-0.05, 0) is 5.92 Å². The third-order valence-corrected chi connectivity index (χ3v) is 4.39. The maximum atomic E-state index is 3.90. The third kappa shape index (κ3) is 1.20. The molecule has 0 radical (unpaired) electrons. The van der Waals surface area contributed by atoms with Crippen LogP contribution in [0.1, 0.15) is 13.8 Å². The summed E-state index contributed by atoms with van der Waals surface area (Å²) in [6, 6.07) is 1.23. The maximum Gasteiger partial charge on any atom is 0.0918 e. The molecule has 0 spiro atoms. The van der Waals surface area contributed by atoms with Gasteiger partial charge in [-0.25, -0.2) is 0 Å². The molecule has 0 bridgehead atoms. The van der Waals surface area contributed by atoms with Gasteiger partial charge in [-0.15, -0.1) is 0 Å². The normalized spacial score (nSPS) is 39.6. The van der Waals surface area contributed by atoms with E-state index in [1.807, 2.05) is 0 Å². The van der Waals surface area contributed by atoms with Crippen molar-refractivity contribution >= 4 is 11.8 Å². The number of fused-ring (bicyclic) bond motifs is 1.